The van der Waals surface area contributed by atoms with Crippen LogP contribution in [0.2, 0.25) is 0 Å². The molecule has 1 saturated heterocycles. The van der Waals surface area contributed by atoms with E-state index in [0.29, 0.717) is 30.6 Å². The minimum Gasteiger partial charge on any atom is -0.354 e. The molecule has 1 aliphatic heterocycles. The summed E-state index contributed by atoms with van der Waals surface area (Å²) in [4.78, 5) is 27.2. The quantitative estimate of drug-likeness (QED) is 0.784. The molecular weight excluding hydrogens is 316 g/mol. The second-order valence-electron chi connectivity index (χ2n) is 6.20. The molecule has 3 rings (SSSR count). The maximum Gasteiger partial charge on any atom is 0.251 e. The van der Waals surface area contributed by atoms with Crippen LogP contribution in [0.15, 0.2) is 36.8 Å². The fraction of sp³-hybridized carbons (Fsp3) is 0.444. The fourth-order valence-corrected chi connectivity index (χ4v) is 3.00. The summed E-state index contributed by atoms with van der Waals surface area (Å²) in [6, 6.07) is 5.86. The number of nitrogens with one attached hydrogen (secondary N) is 2. The van der Waals surface area contributed by atoms with Gasteiger partial charge in [-0.1, -0.05) is 0 Å². The van der Waals surface area contributed by atoms with Gasteiger partial charge in [0.1, 0.15) is 5.82 Å². The van der Waals surface area contributed by atoms with Crippen LogP contribution in [0, 0.1) is 0 Å². The van der Waals surface area contributed by atoms with Gasteiger partial charge >= 0.3 is 0 Å². The summed E-state index contributed by atoms with van der Waals surface area (Å²) < 4.78 is 0. The summed E-state index contributed by atoms with van der Waals surface area (Å²) in [6.07, 6.45) is 8.67. The maximum absolute atomic E-state index is 12.4. The van der Waals surface area contributed by atoms with E-state index in [9.17, 15) is 4.79 Å². The van der Waals surface area contributed by atoms with E-state index < -0.39 is 0 Å². The third-order valence-electron chi connectivity index (χ3n) is 4.36. The number of piperidine rings is 1. The van der Waals surface area contributed by atoms with E-state index in [1.165, 1.54) is 19.3 Å². The van der Waals surface area contributed by atoms with Gasteiger partial charge in [-0.15, -0.1) is 0 Å². The summed E-state index contributed by atoms with van der Waals surface area (Å²) in [5.41, 5.74) is 0.638. The molecule has 0 saturated carbocycles. The van der Waals surface area contributed by atoms with Crippen LogP contribution in [0.1, 0.15) is 36.5 Å². The van der Waals surface area contributed by atoms with E-state index in [1.54, 1.807) is 30.7 Å². The Kier molecular flexibility index (Phi) is 5.77. The zero-order valence-electron chi connectivity index (χ0n) is 14.5. The molecule has 0 unspecified atom stereocenters. The molecule has 25 heavy (non-hydrogen) atoms. The van der Waals surface area contributed by atoms with Gasteiger partial charge in [0.05, 0.1) is 0 Å². The maximum atomic E-state index is 12.4. The highest BCUT2D eigenvalue weighted by Gasteiger charge is 2.20. The molecule has 0 aliphatic carbocycles. The number of aromatic nitrogens is 3. The van der Waals surface area contributed by atoms with Crippen molar-refractivity contribution in [2.45, 2.75) is 32.2 Å². The van der Waals surface area contributed by atoms with Crippen molar-refractivity contribution in [2.75, 3.05) is 29.9 Å². The van der Waals surface area contributed by atoms with Gasteiger partial charge in [0.15, 0.2) is 0 Å². The first-order chi connectivity index (χ1) is 12.2. The topological polar surface area (TPSA) is 83.0 Å². The summed E-state index contributed by atoms with van der Waals surface area (Å²) in [5.74, 6) is 1.35. The number of nitrogens with zero attached hydrogens (tertiary/aromatic N) is 4. The van der Waals surface area contributed by atoms with Crippen molar-refractivity contribution >= 4 is 17.7 Å². The number of carbonyl (C=O) groups excluding carboxylic acids is 1. The van der Waals surface area contributed by atoms with E-state index in [-0.39, 0.29) is 5.91 Å². The Hall–Kier alpha value is -2.70. The van der Waals surface area contributed by atoms with E-state index in [0.717, 1.165) is 12.4 Å². The standard InChI is InChI=1S/C18H24N6O/c1-14-5-2-3-12-24(14)16-13-15(6-9-19-16)17(25)20-10-11-23-18-21-7-4-8-22-18/h4,6-9,13-14H,2-3,5,10-12H2,1H3,(H,20,25)(H,21,22,23)/t14-/m0/s1. The first-order valence-electron chi connectivity index (χ1n) is 8.76. The minimum absolute atomic E-state index is 0.0934. The molecule has 0 aromatic carbocycles. The Bertz CT molecular complexity index is 693. The highest BCUT2D eigenvalue weighted by atomic mass is 16.1. The highest BCUT2D eigenvalue weighted by molar-refractivity contribution is 5.94. The van der Waals surface area contributed by atoms with E-state index in [2.05, 4.69) is 37.4 Å². The normalized spacial score (nSPS) is 17.2. The molecule has 1 aliphatic rings. The number of pyridine rings is 1. The van der Waals surface area contributed by atoms with Crippen LogP contribution in [0.3, 0.4) is 0 Å². The lowest BCUT2D eigenvalue weighted by molar-refractivity contribution is 0.0955. The molecule has 2 aromatic heterocycles. The lowest BCUT2D eigenvalue weighted by Gasteiger charge is -2.34. The average molecular weight is 340 g/mol. The Balaban J connectivity index is 1.52. The first kappa shape index (κ1) is 17.1. The third kappa shape index (κ3) is 4.65. The number of amides is 1. The summed E-state index contributed by atoms with van der Waals surface area (Å²) in [6.45, 7) is 4.27. The highest BCUT2D eigenvalue weighted by Crippen LogP contribution is 2.23. The van der Waals surface area contributed by atoms with E-state index in [4.69, 9.17) is 0 Å². The van der Waals surface area contributed by atoms with Crippen LogP contribution in [0.5, 0.6) is 0 Å². The predicted molar refractivity (Wildman–Crippen MR) is 97.8 cm³/mol. The molecule has 1 fully saturated rings. The number of hydrogen-bond donors (Lipinski definition) is 2. The summed E-state index contributed by atoms with van der Waals surface area (Å²) in [7, 11) is 0. The Labute approximate surface area is 147 Å². The second-order valence-corrected chi connectivity index (χ2v) is 6.20. The van der Waals surface area contributed by atoms with Crippen LogP contribution in [-0.2, 0) is 0 Å². The van der Waals surface area contributed by atoms with Gasteiger partial charge in [-0.3, -0.25) is 4.79 Å². The average Bonchev–Trinajstić information content (AvgIpc) is 2.66. The van der Waals surface area contributed by atoms with Crippen molar-refractivity contribution in [1.82, 2.24) is 20.3 Å². The van der Waals surface area contributed by atoms with Crippen LogP contribution < -0.4 is 15.5 Å². The van der Waals surface area contributed by atoms with Gasteiger partial charge in [-0.25, -0.2) is 15.0 Å². The second kappa shape index (κ2) is 8.41. The zero-order valence-corrected chi connectivity index (χ0v) is 14.5. The number of anilines is 2. The van der Waals surface area contributed by atoms with Crippen molar-refractivity contribution in [3.63, 3.8) is 0 Å². The van der Waals surface area contributed by atoms with Crippen LogP contribution in [0.4, 0.5) is 11.8 Å². The molecule has 1 atom stereocenters. The number of carbonyl (C=O) groups is 1. The van der Waals surface area contributed by atoms with Crippen molar-refractivity contribution in [1.29, 1.82) is 0 Å². The van der Waals surface area contributed by atoms with E-state index in [1.807, 2.05) is 6.07 Å². The first-order valence-corrected chi connectivity index (χ1v) is 8.76. The van der Waals surface area contributed by atoms with Gasteiger partial charge in [0.25, 0.3) is 5.91 Å². The lowest BCUT2D eigenvalue weighted by Crippen LogP contribution is -2.38. The molecule has 0 bridgehead atoms. The smallest absolute Gasteiger partial charge is 0.251 e. The molecule has 2 aromatic rings. The minimum atomic E-state index is -0.0934. The Morgan fingerprint density at radius 2 is 2.04 bits per heavy atom. The van der Waals surface area contributed by atoms with Gasteiger partial charge in [-0.2, -0.15) is 0 Å². The lowest BCUT2D eigenvalue weighted by atomic mass is 10.0. The third-order valence-corrected chi connectivity index (χ3v) is 4.36. The van der Waals surface area contributed by atoms with Crippen molar-refractivity contribution in [3.8, 4) is 0 Å². The molecule has 1 amide bonds. The predicted octanol–water partition coefficient (Wildman–Crippen LogP) is 2.09. The van der Waals surface area contributed by atoms with Crippen molar-refractivity contribution < 1.29 is 4.79 Å². The van der Waals surface area contributed by atoms with Crippen LogP contribution in [-0.4, -0.2) is 46.5 Å². The van der Waals surface area contributed by atoms with Gasteiger partial charge in [-0.05, 0) is 44.4 Å². The van der Waals surface area contributed by atoms with E-state index >= 15 is 0 Å². The van der Waals surface area contributed by atoms with Crippen molar-refractivity contribution in [2.24, 2.45) is 0 Å². The number of hydrogen-bond acceptors (Lipinski definition) is 6. The molecular formula is C18H24N6O. The molecule has 132 valence electrons. The van der Waals surface area contributed by atoms with Gasteiger partial charge in [0, 0.05) is 49.8 Å². The molecule has 2 N–H and O–H groups in total. The SMILES string of the molecule is C[C@H]1CCCCN1c1cc(C(=O)NCCNc2ncccn2)ccn1. The Morgan fingerprint density at radius 3 is 2.84 bits per heavy atom. The zero-order chi connectivity index (χ0) is 17.5. The Morgan fingerprint density at radius 1 is 1.20 bits per heavy atom. The van der Waals surface area contributed by atoms with Gasteiger partial charge < -0.3 is 15.5 Å². The van der Waals surface area contributed by atoms with Gasteiger partial charge in [0.2, 0.25) is 5.95 Å². The molecule has 7 heteroatoms. The molecule has 0 spiro atoms. The summed E-state index contributed by atoms with van der Waals surface area (Å²) >= 11 is 0. The fourth-order valence-electron chi connectivity index (χ4n) is 3.00. The van der Waals surface area contributed by atoms with Crippen molar-refractivity contribution in [3.05, 3.63) is 42.4 Å². The number of rotatable bonds is 6. The monoisotopic (exact) mass is 340 g/mol. The summed E-state index contributed by atoms with van der Waals surface area (Å²) in [5, 5.41) is 5.97. The molecule has 7 nitrogen and oxygen atoms in total. The molecule has 0 radical (unpaired) electrons. The van der Waals surface area contributed by atoms with Crippen LogP contribution >= 0.6 is 0 Å². The molecule has 3 heterocycles. The van der Waals surface area contributed by atoms with Crippen LogP contribution in [0.25, 0.3) is 0 Å². The largest absolute Gasteiger partial charge is 0.354 e.